The van der Waals surface area contributed by atoms with Crippen molar-refractivity contribution < 1.29 is 4.79 Å². The normalized spacial score (nSPS) is 10.2. The minimum absolute atomic E-state index is 0.157. The van der Waals surface area contributed by atoms with Crippen molar-refractivity contribution in [1.29, 1.82) is 0 Å². The molecule has 0 saturated carbocycles. The number of aryl methyl sites for hydroxylation is 1. The minimum Gasteiger partial charge on any atom is -0.398 e. The first kappa shape index (κ1) is 13.5. The lowest BCUT2D eigenvalue weighted by Crippen LogP contribution is -2.23. The van der Waals surface area contributed by atoms with Gasteiger partial charge in [-0.05, 0) is 52.2 Å². The minimum atomic E-state index is -0.157. The molecule has 0 aliphatic rings. The van der Waals surface area contributed by atoms with E-state index in [9.17, 15) is 4.79 Å². The molecule has 0 aliphatic heterocycles. The zero-order valence-electron chi connectivity index (χ0n) is 10.5. The van der Waals surface area contributed by atoms with Crippen LogP contribution in [0.2, 0.25) is 0 Å². The van der Waals surface area contributed by atoms with Crippen LogP contribution in [0.25, 0.3) is 0 Å². The van der Waals surface area contributed by atoms with E-state index in [4.69, 9.17) is 5.73 Å². The summed E-state index contributed by atoms with van der Waals surface area (Å²) in [4.78, 5) is 16.1. The summed E-state index contributed by atoms with van der Waals surface area (Å²) in [5.74, 6) is -0.157. The Morgan fingerprint density at radius 2 is 2.21 bits per heavy atom. The summed E-state index contributed by atoms with van der Waals surface area (Å²) in [6, 6.07) is 7.12. The second kappa shape index (κ2) is 5.84. The fourth-order valence-corrected chi connectivity index (χ4v) is 2.14. The van der Waals surface area contributed by atoms with E-state index in [1.165, 1.54) is 0 Å². The lowest BCUT2D eigenvalue weighted by atomic mass is 10.1. The molecule has 1 heterocycles. The van der Waals surface area contributed by atoms with E-state index >= 15 is 0 Å². The van der Waals surface area contributed by atoms with Crippen LogP contribution in [0.5, 0.6) is 0 Å². The SMILES string of the molecule is Cc1cnccc1CNC(=O)c1cccc(N)c1Br. The third-order valence-corrected chi connectivity index (χ3v) is 3.73. The van der Waals surface area contributed by atoms with Crippen molar-refractivity contribution in [3.05, 3.63) is 57.8 Å². The van der Waals surface area contributed by atoms with Crippen molar-refractivity contribution in [3.8, 4) is 0 Å². The molecule has 1 aromatic carbocycles. The molecule has 0 unspecified atom stereocenters. The molecule has 0 aliphatic carbocycles. The maximum absolute atomic E-state index is 12.1. The van der Waals surface area contributed by atoms with Crippen molar-refractivity contribution >= 4 is 27.5 Å². The quantitative estimate of drug-likeness (QED) is 0.855. The number of nitrogens with zero attached hydrogens (tertiary/aromatic N) is 1. The number of pyridine rings is 1. The van der Waals surface area contributed by atoms with Crippen molar-refractivity contribution in [2.45, 2.75) is 13.5 Å². The van der Waals surface area contributed by atoms with Gasteiger partial charge in [0.2, 0.25) is 0 Å². The zero-order chi connectivity index (χ0) is 13.8. The largest absolute Gasteiger partial charge is 0.398 e. The number of aromatic nitrogens is 1. The van der Waals surface area contributed by atoms with E-state index in [1.54, 1.807) is 30.6 Å². The number of anilines is 1. The second-order valence-corrected chi connectivity index (χ2v) is 4.99. The number of nitrogens with one attached hydrogen (secondary N) is 1. The van der Waals surface area contributed by atoms with Gasteiger partial charge in [-0.25, -0.2) is 0 Å². The van der Waals surface area contributed by atoms with Gasteiger partial charge in [-0.15, -0.1) is 0 Å². The lowest BCUT2D eigenvalue weighted by molar-refractivity contribution is 0.0950. The van der Waals surface area contributed by atoms with Gasteiger partial charge >= 0.3 is 0 Å². The molecule has 2 rings (SSSR count). The number of hydrogen-bond acceptors (Lipinski definition) is 3. The Bertz CT molecular complexity index is 613. The molecule has 19 heavy (non-hydrogen) atoms. The van der Waals surface area contributed by atoms with Crippen LogP contribution in [0.1, 0.15) is 21.5 Å². The van der Waals surface area contributed by atoms with Crippen molar-refractivity contribution in [1.82, 2.24) is 10.3 Å². The monoisotopic (exact) mass is 319 g/mol. The van der Waals surface area contributed by atoms with Crippen molar-refractivity contribution in [2.75, 3.05) is 5.73 Å². The van der Waals surface area contributed by atoms with Gasteiger partial charge in [-0.3, -0.25) is 9.78 Å². The van der Waals surface area contributed by atoms with Gasteiger partial charge in [0.05, 0.1) is 10.0 Å². The molecule has 0 fully saturated rings. The fourth-order valence-electron chi connectivity index (χ4n) is 1.70. The van der Waals surface area contributed by atoms with Gasteiger partial charge in [0.15, 0.2) is 0 Å². The molecule has 4 nitrogen and oxygen atoms in total. The van der Waals surface area contributed by atoms with Crippen LogP contribution in [0.3, 0.4) is 0 Å². The van der Waals surface area contributed by atoms with Crippen LogP contribution in [0.15, 0.2) is 41.1 Å². The molecular weight excluding hydrogens is 306 g/mol. The number of benzene rings is 1. The summed E-state index contributed by atoms with van der Waals surface area (Å²) >= 11 is 3.33. The van der Waals surface area contributed by atoms with Gasteiger partial charge in [-0.2, -0.15) is 0 Å². The molecular formula is C14H14BrN3O. The molecule has 0 radical (unpaired) electrons. The van der Waals surface area contributed by atoms with Gasteiger partial charge in [-0.1, -0.05) is 6.07 Å². The van der Waals surface area contributed by atoms with Crippen LogP contribution < -0.4 is 11.1 Å². The maximum atomic E-state index is 12.1. The fraction of sp³-hybridized carbons (Fsp3) is 0.143. The summed E-state index contributed by atoms with van der Waals surface area (Å²) in [7, 11) is 0. The highest BCUT2D eigenvalue weighted by atomic mass is 79.9. The number of nitrogens with two attached hydrogens (primary N) is 1. The van der Waals surface area contributed by atoms with E-state index < -0.39 is 0 Å². The number of rotatable bonds is 3. The third-order valence-electron chi connectivity index (χ3n) is 2.85. The highest BCUT2D eigenvalue weighted by Crippen LogP contribution is 2.23. The molecule has 3 N–H and O–H groups in total. The van der Waals surface area contributed by atoms with Crippen LogP contribution in [0, 0.1) is 6.92 Å². The Morgan fingerprint density at radius 3 is 2.95 bits per heavy atom. The number of carbonyl (C=O) groups excluding carboxylic acids is 1. The van der Waals surface area contributed by atoms with Crippen molar-refractivity contribution in [2.24, 2.45) is 0 Å². The zero-order valence-corrected chi connectivity index (χ0v) is 12.1. The van der Waals surface area contributed by atoms with Crippen LogP contribution in [-0.2, 0) is 6.54 Å². The number of halogens is 1. The van der Waals surface area contributed by atoms with Crippen LogP contribution in [-0.4, -0.2) is 10.9 Å². The first-order valence-electron chi connectivity index (χ1n) is 5.81. The Labute approximate surface area is 120 Å². The Kier molecular flexibility index (Phi) is 4.16. The highest BCUT2D eigenvalue weighted by Gasteiger charge is 2.11. The van der Waals surface area contributed by atoms with Crippen molar-refractivity contribution in [3.63, 3.8) is 0 Å². The summed E-state index contributed by atoms with van der Waals surface area (Å²) < 4.78 is 0.624. The molecule has 0 saturated heterocycles. The van der Waals surface area contributed by atoms with Crippen LogP contribution in [0.4, 0.5) is 5.69 Å². The smallest absolute Gasteiger partial charge is 0.252 e. The molecule has 5 heteroatoms. The molecule has 98 valence electrons. The highest BCUT2D eigenvalue weighted by molar-refractivity contribution is 9.10. The second-order valence-electron chi connectivity index (χ2n) is 4.19. The first-order valence-corrected chi connectivity index (χ1v) is 6.60. The lowest BCUT2D eigenvalue weighted by Gasteiger charge is -2.09. The number of carbonyl (C=O) groups is 1. The topological polar surface area (TPSA) is 68.0 Å². The predicted molar refractivity (Wildman–Crippen MR) is 78.7 cm³/mol. The average molecular weight is 320 g/mol. The number of nitrogen functional groups attached to an aromatic ring is 1. The molecule has 2 aromatic rings. The summed E-state index contributed by atoms with van der Waals surface area (Å²) in [6.07, 6.45) is 3.49. The Balaban J connectivity index is 2.10. The Hall–Kier alpha value is -1.88. The predicted octanol–water partition coefficient (Wildman–Crippen LogP) is 2.66. The summed E-state index contributed by atoms with van der Waals surface area (Å²) in [6.45, 7) is 2.43. The first-order chi connectivity index (χ1) is 9.09. The third kappa shape index (κ3) is 3.12. The van der Waals surface area contributed by atoms with E-state index in [2.05, 4.69) is 26.2 Å². The molecule has 0 spiro atoms. The van der Waals surface area contributed by atoms with Gasteiger partial charge < -0.3 is 11.1 Å². The number of hydrogen-bond donors (Lipinski definition) is 2. The molecule has 0 atom stereocenters. The van der Waals surface area contributed by atoms with Crippen LogP contribution >= 0.6 is 15.9 Å². The van der Waals surface area contributed by atoms with E-state index in [1.807, 2.05) is 13.0 Å². The summed E-state index contributed by atoms with van der Waals surface area (Å²) in [5.41, 5.74) is 8.93. The summed E-state index contributed by atoms with van der Waals surface area (Å²) in [5, 5.41) is 2.87. The van der Waals surface area contributed by atoms with E-state index in [-0.39, 0.29) is 5.91 Å². The van der Waals surface area contributed by atoms with E-state index in [0.717, 1.165) is 11.1 Å². The molecule has 1 aromatic heterocycles. The van der Waals surface area contributed by atoms with E-state index in [0.29, 0.717) is 22.3 Å². The van der Waals surface area contributed by atoms with Gasteiger partial charge in [0, 0.05) is 24.6 Å². The average Bonchev–Trinajstić information content (AvgIpc) is 2.40. The maximum Gasteiger partial charge on any atom is 0.252 e. The van der Waals surface area contributed by atoms with Gasteiger partial charge in [0.1, 0.15) is 0 Å². The Morgan fingerprint density at radius 1 is 1.42 bits per heavy atom. The van der Waals surface area contributed by atoms with Gasteiger partial charge in [0.25, 0.3) is 5.91 Å². The standard InChI is InChI=1S/C14H14BrN3O/c1-9-7-17-6-5-10(9)8-18-14(19)11-3-2-4-12(16)13(11)15/h2-7H,8,16H2,1H3,(H,18,19). The number of amides is 1. The molecule has 0 bridgehead atoms. The molecule has 1 amide bonds.